The van der Waals surface area contributed by atoms with Gasteiger partial charge in [-0.15, -0.1) is 11.3 Å². The average Bonchev–Trinajstić information content (AvgIpc) is 2.14. The fourth-order valence-electron chi connectivity index (χ4n) is 0.545. The van der Waals surface area contributed by atoms with Crippen molar-refractivity contribution in [2.24, 2.45) is 0 Å². The maximum atomic E-state index is 3.43. The van der Waals surface area contributed by atoms with E-state index in [1.807, 2.05) is 11.3 Å². The van der Waals surface area contributed by atoms with E-state index in [0.717, 1.165) is 0 Å². The van der Waals surface area contributed by atoms with Crippen molar-refractivity contribution in [2.45, 2.75) is 0 Å². The minimum Gasteiger partial charge on any atom is -0.128 e. The topological polar surface area (TPSA) is 0 Å². The molecule has 0 saturated heterocycles. The largest absolute Gasteiger partial charge is 0.128 e. The van der Waals surface area contributed by atoms with Crippen molar-refractivity contribution in [3.05, 3.63) is 15.9 Å². The molecule has 0 aromatic carbocycles. The van der Waals surface area contributed by atoms with Crippen molar-refractivity contribution in [3.63, 3.8) is 0 Å². The molecule has 0 atom stereocenters. The van der Waals surface area contributed by atoms with E-state index in [1.165, 1.54) is 8.40 Å². The van der Waals surface area contributed by atoms with Gasteiger partial charge in [0.15, 0.2) is 0 Å². The van der Waals surface area contributed by atoms with E-state index in [2.05, 4.69) is 41.4 Å². The lowest BCUT2D eigenvalue weighted by molar-refractivity contribution is 1.99. The standard InChI is InChI=1S/C6H8BrPS/c1-8(2)6-4-3-5(7)9-6/h3-4H,1-2H3. The molecule has 3 heteroatoms. The van der Waals surface area contributed by atoms with Crippen molar-refractivity contribution in [3.8, 4) is 0 Å². The fraction of sp³-hybridized carbons (Fsp3) is 0.333. The van der Waals surface area contributed by atoms with Crippen molar-refractivity contribution < 1.29 is 0 Å². The van der Waals surface area contributed by atoms with Crippen LogP contribution in [0.5, 0.6) is 0 Å². The van der Waals surface area contributed by atoms with E-state index in [9.17, 15) is 0 Å². The number of hydrogen-bond donors (Lipinski definition) is 0. The van der Waals surface area contributed by atoms with E-state index in [4.69, 9.17) is 0 Å². The molecule has 1 aromatic rings. The van der Waals surface area contributed by atoms with Crippen LogP contribution in [-0.4, -0.2) is 13.3 Å². The Labute approximate surface area is 69.2 Å². The van der Waals surface area contributed by atoms with Gasteiger partial charge in [-0.25, -0.2) is 0 Å². The number of hydrogen-bond acceptors (Lipinski definition) is 1. The van der Waals surface area contributed by atoms with E-state index in [0.29, 0.717) is 0 Å². The summed E-state index contributed by atoms with van der Waals surface area (Å²) in [5.41, 5.74) is 0. The fourth-order valence-corrected chi connectivity index (χ4v) is 3.45. The molecule has 9 heavy (non-hydrogen) atoms. The first-order chi connectivity index (χ1) is 4.20. The number of rotatable bonds is 1. The molecule has 0 aliphatic carbocycles. The molecule has 0 amide bonds. The Morgan fingerprint density at radius 2 is 2.11 bits per heavy atom. The molecule has 1 aromatic heterocycles. The zero-order chi connectivity index (χ0) is 6.85. The highest BCUT2D eigenvalue weighted by atomic mass is 79.9. The van der Waals surface area contributed by atoms with Gasteiger partial charge in [0.05, 0.1) is 3.79 Å². The summed E-state index contributed by atoms with van der Waals surface area (Å²) in [6.07, 6.45) is 0. The lowest BCUT2D eigenvalue weighted by Gasteiger charge is -1.97. The molecule has 1 heterocycles. The van der Waals surface area contributed by atoms with Gasteiger partial charge in [-0.3, -0.25) is 0 Å². The van der Waals surface area contributed by atoms with Gasteiger partial charge >= 0.3 is 0 Å². The smallest absolute Gasteiger partial charge is 0.0705 e. The lowest BCUT2D eigenvalue weighted by Crippen LogP contribution is -1.87. The summed E-state index contributed by atoms with van der Waals surface area (Å²) in [7, 11) is 0.114. The Hall–Kier alpha value is 0.610. The Bertz CT molecular complexity index is 195. The Morgan fingerprint density at radius 1 is 1.44 bits per heavy atom. The Kier molecular flexibility index (Phi) is 2.69. The minimum atomic E-state index is 0.114. The van der Waals surface area contributed by atoms with E-state index in [1.54, 1.807) is 0 Å². The van der Waals surface area contributed by atoms with Crippen molar-refractivity contribution in [1.29, 1.82) is 0 Å². The van der Waals surface area contributed by atoms with Crippen molar-refractivity contribution in [1.82, 2.24) is 0 Å². The van der Waals surface area contributed by atoms with Crippen LogP contribution in [0.4, 0.5) is 0 Å². The second kappa shape index (κ2) is 3.14. The first-order valence-electron chi connectivity index (χ1n) is 2.63. The second-order valence-electron chi connectivity index (χ2n) is 1.97. The van der Waals surface area contributed by atoms with Crippen molar-refractivity contribution >= 4 is 39.8 Å². The highest BCUT2D eigenvalue weighted by Crippen LogP contribution is 2.29. The monoisotopic (exact) mass is 222 g/mol. The minimum absolute atomic E-state index is 0.114. The lowest BCUT2D eigenvalue weighted by atomic mass is 10.7. The molecule has 0 spiro atoms. The molecule has 0 nitrogen and oxygen atoms in total. The highest BCUT2D eigenvalue weighted by molar-refractivity contribution is 9.11. The summed E-state index contributed by atoms with van der Waals surface area (Å²) in [5, 5.41) is 0. The summed E-state index contributed by atoms with van der Waals surface area (Å²) >= 11 is 5.27. The van der Waals surface area contributed by atoms with Crippen LogP contribution in [0.3, 0.4) is 0 Å². The molecule has 0 fully saturated rings. The van der Waals surface area contributed by atoms with Crippen LogP contribution < -0.4 is 4.62 Å². The highest BCUT2D eigenvalue weighted by Gasteiger charge is 1.99. The third kappa shape index (κ3) is 2.03. The molecule has 0 bridgehead atoms. The van der Waals surface area contributed by atoms with Gasteiger partial charge in [-0.05, 0) is 41.4 Å². The number of thiophene rings is 1. The van der Waals surface area contributed by atoms with Gasteiger partial charge in [-0.1, -0.05) is 7.92 Å². The van der Waals surface area contributed by atoms with Crippen LogP contribution in [-0.2, 0) is 0 Å². The summed E-state index contributed by atoms with van der Waals surface area (Å²) in [6, 6.07) is 4.31. The maximum Gasteiger partial charge on any atom is 0.0705 e. The average molecular weight is 223 g/mol. The summed E-state index contributed by atoms with van der Waals surface area (Å²) in [6.45, 7) is 4.54. The van der Waals surface area contributed by atoms with Gasteiger partial charge < -0.3 is 0 Å². The van der Waals surface area contributed by atoms with E-state index in [-0.39, 0.29) is 7.92 Å². The zero-order valence-corrected chi connectivity index (χ0v) is 8.69. The predicted octanol–water partition coefficient (Wildman–Crippen LogP) is 2.88. The molecule has 0 N–H and O–H groups in total. The molecule has 0 radical (unpaired) electrons. The van der Waals surface area contributed by atoms with Crippen molar-refractivity contribution in [2.75, 3.05) is 13.3 Å². The predicted molar refractivity (Wildman–Crippen MR) is 50.4 cm³/mol. The normalized spacial score (nSPS) is 10.7. The van der Waals surface area contributed by atoms with Crippen LogP contribution >= 0.6 is 35.2 Å². The third-order valence-corrected chi connectivity index (χ3v) is 4.83. The Balaban J connectivity index is 2.85. The number of halogens is 1. The molecule has 0 aliphatic heterocycles. The van der Waals surface area contributed by atoms with Gasteiger partial charge in [0.2, 0.25) is 0 Å². The summed E-state index contributed by atoms with van der Waals surface area (Å²) in [4.78, 5) is 0. The van der Waals surface area contributed by atoms with Gasteiger partial charge in [0.1, 0.15) is 0 Å². The van der Waals surface area contributed by atoms with Crippen LogP contribution in [0.15, 0.2) is 15.9 Å². The first kappa shape index (κ1) is 7.71. The molecule has 0 unspecified atom stereocenters. The van der Waals surface area contributed by atoms with E-state index < -0.39 is 0 Å². The summed E-state index contributed by atoms with van der Waals surface area (Å²) < 4.78 is 2.76. The zero-order valence-electron chi connectivity index (χ0n) is 5.39. The molecule has 50 valence electrons. The van der Waals surface area contributed by atoms with E-state index >= 15 is 0 Å². The van der Waals surface area contributed by atoms with Gasteiger partial charge in [0.25, 0.3) is 0 Å². The quantitative estimate of drug-likeness (QED) is 0.642. The maximum absolute atomic E-state index is 3.43. The third-order valence-electron chi connectivity index (χ3n) is 1.000. The van der Waals surface area contributed by atoms with Crippen LogP contribution in [0.2, 0.25) is 0 Å². The second-order valence-corrected chi connectivity index (χ2v) is 7.01. The van der Waals surface area contributed by atoms with Gasteiger partial charge in [-0.2, -0.15) is 0 Å². The molecule has 0 saturated carbocycles. The van der Waals surface area contributed by atoms with Crippen LogP contribution in [0.25, 0.3) is 0 Å². The van der Waals surface area contributed by atoms with Crippen LogP contribution in [0.1, 0.15) is 0 Å². The first-order valence-corrected chi connectivity index (χ1v) is 6.47. The molecular formula is C6H8BrPS. The summed E-state index contributed by atoms with van der Waals surface area (Å²) in [5.74, 6) is 0. The Morgan fingerprint density at radius 3 is 2.33 bits per heavy atom. The molecular weight excluding hydrogens is 215 g/mol. The van der Waals surface area contributed by atoms with Gasteiger partial charge in [0, 0.05) is 4.62 Å². The van der Waals surface area contributed by atoms with Crippen LogP contribution in [0, 0.1) is 0 Å². The molecule has 0 aliphatic rings. The SMILES string of the molecule is CP(C)c1ccc(Br)s1. The molecule has 1 rings (SSSR count).